The molecule has 0 N–H and O–H groups in total. The van der Waals surface area contributed by atoms with Crippen molar-refractivity contribution in [3.8, 4) is 0 Å². The predicted molar refractivity (Wildman–Crippen MR) is 77.4 cm³/mol. The second kappa shape index (κ2) is 4.94. The van der Waals surface area contributed by atoms with Gasteiger partial charge in [0, 0.05) is 16.0 Å². The van der Waals surface area contributed by atoms with E-state index in [1.807, 2.05) is 6.07 Å². The molecule has 3 aromatic rings. The Hall–Kier alpha value is -2.39. The van der Waals surface area contributed by atoms with E-state index in [9.17, 15) is 9.59 Å². The molecule has 0 saturated heterocycles. The molecule has 4 heteroatoms. The average molecular weight is 285 g/mol. The summed E-state index contributed by atoms with van der Waals surface area (Å²) in [6.07, 6.45) is 0. The molecule has 0 bridgehead atoms. The molecular formula is C16H9ClO3. The van der Waals surface area contributed by atoms with Crippen LogP contribution in [0.2, 0.25) is 5.02 Å². The normalized spacial score (nSPS) is 10.7. The van der Waals surface area contributed by atoms with E-state index in [4.69, 9.17) is 16.0 Å². The highest BCUT2D eigenvalue weighted by atomic mass is 35.5. The molecule has 20 heavy (non-hydrogen) atoms. The minimum Gasteiger partial charge on any atom is -0.422 e. The van der Waals surface area contributed by atoms with Crippen molar-refractivity contribution in [3.05, 3.63) is 81.2 Å². The third-order valence-electron chi connectivity index (χ3n) is 2.97. The largest absolute Gasteiger partial charge is 0.422 e. The first kappa shape index (κ1) is 12.6. The molecule has 0 amide bonds. The lowest BCUT2D eigenvalue weighted by molar-refractivity contribution is 0.103. The summed E-state index contributed by atoms with van der Waals surface area (Å²) < 4.78 is 5.16. The lowest BCUT2D eigenvalue weighted by atomic mass is 10.0. The molecule has 98 valence electrons. The zero-order valence-electron chi connectivity index (χ0n) is 10.3. The van der Waals surface area contributed by atoms with Crippen LogP contribution in [0.1, 0.15) is 15.9 Å². The second-order valence-corrected chi connectivity index (χ2v) is 4.76. The van der Waals surface area contributed by atoms with E-state index >= 15 is 0 Å². The molecule has 3 nitrogen and oxygen atoms in total. The van der Waals surface area contributed by atoms with E-state index in [0.29, 0.717) is 21.6 Å². The molecule has 0 unspecified atom stereocenters. The Bertz CT molecular complexity index is 865. The zero-order valence-corrected chi connectivity index (χ0v) is 11.1. The van der Waals surface area contributed by atoms with Crippen LogP contribution in [0.25, 0.3) is 11.0 Å². The van der Waals surface area contributed by atoms with Crippen LogP contribution in [0.3, 0.4) is 0 Å². The summed E-state index contributed by atoms with van der Waals surface area (Å²) in [6.45, 7) is 0. The van der Waals surface area contributed by atoms with Gasteiger partial charge in [-0.05, 0) is 24.3 Å². The minimum absolute atomic E-state index is 0.00552. The van der Waals surface area contributed by atoms with E-state index in [2.05, 4.69) is 0 Å². The minimum atomic E-state index is -0.645. The fraction of sp³-hybridized carbons (Fsp3) is 0. The van der Waals surface area contributed by atoms with Crippen molar-refractivity contribution >= 4 is 28.4 Å². The maximum Gasteiger partial charge on any atom is 0.347 e. The smallest absolute Gasteiger partial charge is 0.347 e. The highest BCUT2D eigenvalue weighted by molar-refractivity contribution is 6.31. The summed E-state index contributed by atoms with van der Waals surface area (Å²) >= 11 is 5.86. The van der Waals surface area contributed by atoms with Gasteiger partial charge >= 0.3 is 5.63 Å². The van der Waals surface area contributed by atoms with E-state index in [1.165, 1.54) is 6.07 Å². The van der Waals surface area contributed by atoms with Gasteiger partial charge < -0.3 is 4.42 Å². The summed E-state index contributed by atoms with van der Waals surface area (Å²) in [7, 11) is 0. The van der Waals surface area contributed by atoms with Crippen molar-refractivity contribution in [2.24, 2.45) is 0 Å². The maximum atomic E-state index is 12.3. The summed E-state index contributed by atoms with van der Waals surface area (Å²) in [5, 5.41) is 1.15. The molecule has 0 atom stereocenters. The molecule has 0 aliphatic rings. The van der Waals surface area contributed by atoms with E-state index in [1.54, 1.807) is 42.5 Å². The van der Waals surface area contributed by atoms with Crippen LogP contribution in [-0.2, 0) is 0 Å². The highest BCUT2D eigenvalue weighted by Crippen LogP contribution is 2.17. The average Bonchev–Trinajstić information content (AvgIpc) is 2.46. The fourth-order valence-corrected chi connectivity index (χ4v) is 2.20. The SMILES string of the molecule is O=C(c1cccc(Cl)c1)c1cc2ccccc2oc1=O. The number of rotatable bonds is 2. The molecule has 0 aliphatic carbocycles. The molecule has 2 aromatic carbocycles. The van der Waals surface area contributed by atoms with Gasteiger partial charge in [0.2, 0.25) is 0 Å². The van der Waals surface area contributed by atoms with Gasteiger partial charge in [0.1, 0.15) is 11.1 Å². The van der Waals surface area contributed by atoms with E-state index in [-0.39, 0.29) is 5.56 Å². The van der Waals surface area contributed by atoms with Crippen molar-refractivity contribution < 1.29 is 9.21 Å². The van der Waals surface area contributed by atoms with Crippen LogP contribution in [0.15, 0.2) is 63.8 Å². The Balaban J connectivity index is 2.17. The van der Waals surface area contributed by atoms with Crippen molar-refractivity contribution in [1.82, 2.24) is 0 Å². The number of hydrogen-bond acceptors (Lipinski definition) is 3. The van der Waals surface area contributed by atoms with E-state index < -0.39 is 11.4 Å². The maximum absolute atomic E-state index is 12.3. The standard InChI is InChI=1S/C16H9ClO3/c17-12-6-3-5-11(8-12)15(18)13-9-10-4-1-2-7-14(10)20-16(13)19/h1-9H. The van der Waals surface area contributed by atoms with Gasteiger partial charge in [-0.15, -0.1) is 0 Å². The Morgan fingerprint density at radius 1 is 1.00 bits per heavy atom. The van der Waals surface area contributed by atoms with Gasteiger partial charge in [0.15, 0.2) is 5.78 Å². The van der Waals surface area contributed by atoms with Crippen molar-refractivity contribution in [2.45, 2.75) is 0 Å². The van der Waals surface area contributed by atoms with Crippen molar-refractivity contribution in [3.63, 3.8) is 0 Å². The quantitative estimate of drug-likeness (QED) is 0.533. The highest BCUT2D eigenvalue weighted by Gasteiger charge is 2.15. The molecule has 3 rings (SSSR count). The topological polar surface area (TPSA) is 47.3 Å². The van der Waals surface area contributed by atoms with Crippen LogP contribution < -0.4 is 5.63 Å². The van der Waals surface area contributed by atoms with Gasteiger partial charge in [-0.2, -0.15) is 0 Å². The van der Waals surface area contributed by atoms with Crippen molar-refractivity contribution in [1.29, 1.82) is 0 Å². The molecular weight excluding hydrogens is 276 g/mol. The molecule has 0 saturated carbocycles. The monoisotopic (exact) mass is 284 g/mol. The molecule has 1 aromatic heterocycles. The summed E-state index contributed by atoms with van der Waals surface area (Å²) in [5.41, 5.74) is 0.180. The second-order valence-electron chi connectivity index (χ2n) is 4.32. The number of hydrogen-bond donors (Lipinski definition) is 0. The van der Waals surface area contributed by atoms with Gasteiger partial charge in [-0.1, -0.05) is 41.9 Å². The first-order valence-corrected chi connectivity index (χ1v) is 6.36. The lowest BCUT2D eigenvalue weighted by Crippen LogP contribution is -2.14. The number of para-hydroxylation sites is 1. The third kappa shape index (κ3) is 2.24. The first-order chi connectivity index (χ1) is 9.65. The Morgan fingerprint density at radius 3 is 2.60 bits per heavy atom. The van der Waals surface area contributed by atoms with Crippen LogP contribution in [0.5, 0.6) is 0 Å². The van der Waals surface area contributed by atoms with Gasteiger partial charge in [0.05, 0.1) is 0 Å². The number of halogens is 1. The van der Waals surface area contributed by atoms with Gasteiger partial charge in [0.25, 0.3) is 0 Å². The zero-order chi connectivity index (χ0) is 14.1. The number of carbonyl (C=O) groups excluding carboxylic acids is 1. The van der Waals surface area contributed by atoms with Gasteiger partial charge in [-0.3, -0.25) is 4.79 Å². The fourth-order valence-electron chi connectivity index (χ4n) is 2.01. The number of fused-ring (bicyclic) bond motifs is 1. The van der Waals surface area contributed by atoms with Crippen LogP contribution in [0, 0.1) is 0 Å². The van der Waals surface area contributed by atoms with Crippen molar-refractivity contribution in [2.75, 3.05) is 0 Å². The summed E-state index contributed by atoms with van der Waals surface area (Å²) in [4.78, 5) is 24.3. The van der Waals surface area contributed by atoms with Gasteiger partial charge in [-0.25, -0.2) is 4.79 Å². The molecule has 0 aliphatic heterocycles. The van der Waals surface area contributed by atoms with E-state index in [0.717, 1.165) is 0 Å². The van der Waals surface area contributed by atoms with Crippen LogP contribution in [-0.4, -0.2) is 5.78 Å². The Kier molecular flexibility index (Phi) is 3.12. The molecule has 0 fully saturated rings. The Morgan fingerprint density at radius 2 is 1.80 bits per heavy atom. The predicted octanol–water partition coefficient (Wildman–Crippen LogP) is 3.68. The van der Waals surface area contributed by atoms with Crippen LogP contribution >= 0.6 is 11.6 Å². The molecule has 0 radical (unpaired) electrons. The molecule has 1 heterocycles. The number of ketones is 1. The number of carbonyl (C=O) groups is 1. The Labute approximate surface area is 119 Å². The summed E-state index contributed by atoms with van der Waals surface area (Å²) in [6, 6.07) is 15.1. The molecule has 0 spiro atoms. The summed E-state index contributed by atoms with van der Waals surface area (Å²) in [5.74, 6) is -0.396. The first-order valence-electron chi connectivity index (χ1n) is 5.98. The lowest BCUT2D eigenvalue weighted by Gasteiger charge is -2.02. The third-order valence-corrected chi connectivity index (χ3v) is 3.21. The van der Waals surface area contributed by atoms with Crippen LogP contribution in [0.4, 0.5) is 0 Å². The number of benzene rings is 2.